The van der Waals surface area contributed by atoms with Crippen LogP contribution in [0.1, 0.15) is 22.3 Å². The van der Waals surface area contributed by atoms with E-state index in [1.54, 1.807) is 6.07 Å². The fourth-order valence-corrected chi connectivity index (χ4v) is 3.08. The number of aromatic nitrogens is 1. The Morgan fingerprint density at radius 2 is 1.96 bits per heavy atom. The Hall–Kier alpha value is -1.91. The molecule has 2 aromatic rings. The van der Waals surface area contributed by atoms with Crippen molar-refractivity contribution >= 4 is 23.2 Å². The van der Waals surface area contributed by atoms with Crippen molar-refractivity contribution in [2.75, 3.05) is 37.6 Å². The van der Waals surface area contributed by atoms with Crippen molar-refractivity contribution in [1.29, 1.82) is 0 Å². The molecule has 3 rings (SSSR count). The Bertz CT molecular complexity index is 697. The second kappa shape index (κ2) is 7.77. The number of Topliss-reactive ketones (excluding diaryl/α,β-unsaturated/α-hetero) is 1. The van der Waals surface area contributed by atoms with Crippen molar-refractivity contribution in [3.05, 3.63) is 58.7 Å². The summed E-state index contributed by atoms with van der Waals surface area (Å²) in [6, 6.07) is 11.5. The summed E-state index contributed by atoms with van der Waals surface area (Å²) < 4.78 is 0. The van der Waals surface area contributed by atoms with Crippen LogP contribution in [0.25, 0.3) is 0 Å². The first kappa shape index (κ1) is 16.9. The van der Waals surface area contributed by atoms with Crippen LogP contribution in [-0.4, -0.2) is 48.4 Å². The molecule has 0 N–H and O–H groups in total. The van der Waals surface area contributed by atoms with Crippen molar-refractivity contribution in [3.63, 3.8) is 0 Å². The van der Waals surface area contributed by atoms with Gasteiger partial charge in [-0.15, -0.1) is 0 Å². The van der Waals surface area contributed by atoms with Gasteiger partial charge in [-0.25, -0.2) is 4.98 Å². The number of rotatable bonds is 5. The zero-order chi connectivity index (χ0) is 16.9. The van der Waals surface area contributed by atoms with Gasteiger partial charge in [0.25, 0.3) is 0 Å². The van der Waals surface area contributed by atoms with Crippen LogP contribution in [0.4, 0.5) is 5.82 Å². The highest BCUT2D eigenvalue weighted by molar-refractivity contribution is 6.31. The summed E-state index contributed by atoms with van der Waals surface area (Å²) in [7, 11) is 0. The Morgan fingerprint density at radius 3 is 2.62 bits per heavy atom. The van der Waals surface area contributed by atoms with Crippen LogP contribution in [0, 0.1) is 6.92 Å². The standard InChI is InChI=1S/C19H22ClN3O/c1-15-14-16(5-6-17(15)20)18(24)7-9-22-10-12-23(13-11-22)19-4-2-3-8-21-19/h2-6,8,14H,7,9-13H2,1H3. The molecule has 4 nitrogen and oxygen atoms in total. The second-order valence-corrected chi connectivity index (χ2v) is 6.56. The Balaban J connectivity index is 1.48. The van der Waals surface area contributed by atoms with E-state index in [1.165, 1.54) is 0 Å². The van der Waals surface area contributed by atoms with Gasteiger partial charge in [0.15, 0.2) is 5.78 Å². The van der Waals surface area contributed by atoms with Crippen molar-refractivity contribution in [1.82, 2.24) is 9.88 Å². The molecule has 24 heavy (non-hydrogen) atoms. The van der Waals surface area contributed by atoms with E-state index in [0.717, 1.165) is 49.7 Å². The molecule has 5 heteroatoms. The number of ketones is 1. The predicted octanol–water partition coefficient (Wildman–Crippen LogP) is 3.44. The maximum atomic E-state index is 12.3. The number of aryl methyl sites for hydroxylation is 1. The van der Waals surface area contributed by atoms with E-state index in [0.29, 0.717) is 11.4 Å². The molecule has 126 valence electrons. The van der Waals surface area contributed by atoms with Crippen LogP contribution < -0.4 is 4.90 Å². The third-order valence-electron chi connectivity index (χ3n) is 4.48. The van der Waals surface area contributed by atoms with Crippen LogP contribution in [0.15, 0.2) is 42.6 Å². The lowest BCUT2D eigenvalue weighted by Crippen LogP contribution is -2.47. The lowest BCUT2D eigenvalue weighted by atomic mass is 10.1. The van der Waals surface area contributed by atoms with Crippen LogP contribution in [0.3, 0.4) is 0 Å². The third-order valence-corrected chi connectivity index (χ3v) is 4.90. The lowest BCUT2D eigenvalue weighted by molar-refractivity contribution is 0.0962. The molecule has 0 spiro atoms. The summed E-state index contributed by atoms with van der Waals surface area (Å²) in [6.45, 7) is 6.55. The molecule has 0 atom stereocenters. The van der Waals surface area contributed by atoms with Gasteiger partial charge >= 0.3 is 0 Å². The number of pyridine rings is 1. The Morgan fingerprint density at radius 1 is 1.17 bits per heavy atom. The molecule has 0 aliphatic carbocycles. The number of hydrogen-bond acceptors (Lipinski definition) is 4. The summed E-state index contributed by atoms with van der Waals surface area (Å²) in [5.74, 6) is 1.21. The zero-order valence-electron chi connectivity index (χ0n) is 13.9. The van der Waals surface area contributed by atoms with Gasteiger partial charge in [0, 0.05) is 55.9 Å². The third kappa shape index (κ3) is 4.13. The van der Waals surface area contributed by atoms with E-state index in [9.17, 15) is 4.79 Å². The van der Waals surface area contributed by atoms with Gasteiger partial charge in [-0.3, -0.25) is 9.69 Å². The molecule has 0 bridgehead atoms. The molecule has 2 heterocycles. The molecule has 0 unspecified atom stereocenters. The van der Waals surface area contributed by atoms with Crippen LogP contribution in [0.2, 0.25) is 5.02 Å². The molecule has 1 fully saturated rings. The van der Waals surface area contributed by atoms with Gasteiger partial charge in [-0.1, -0.05) is 17.7 Å². The minimum atomic E-state index is 0.182. The molecule has 1 aliphatic heterocycles. The number of carbonyl (C=O) groups is 1. The average Bonchev–Trinajstić information content (AvgIpc) is 2.63. The quantitative estimate of drug-likeness (QED) is 0.779. The molecule has 1 saturated heterocycles. The fourth-order valence-electron chi connectivity index (χ4n) is 2.96. The van der Waals surface area contributed by atoms with E-state index < -0.39 is 0 Å². The number of hydrogen-bond donors (Lipinski definition) is 0. The normalized spacial score (nSPS) is 15.5. The van der Waals surface area contributed by atoms with Crippen molar-refractivity contribution in [3.8, 4) is 0 Å². The van der Waals surface area contributed by atoms with Gasteiger partial charge < -0.3 is 4.90 Å². The number of piperazine rings is 1. The van der Waals surface area contributed by atoms with Crippen LogP contribution in [0.5, 0.6) is 0 Å². The number of anilines is 1. The minimum absolute atomic E-state index is 0.182. The summed E-state index contributed by atoms with van der Waals surface area (Å²) in [5, 5.41) is 0.706. The zero-order valence-corrected chi connectivity index (χ0v) is 14.7. The van der Waals surface area contributed by atoms with E-state index in [-0.39, 0.29) is 5.78 Å². The monoisotopic (exact) mass is 343 g/mol. The first-order chi connectivity index (χ1) is 11.6. The average molecular weight is 344 g/mol. The van der Waals surface area contributed by atoms with Crippen molar-refractivity contribution in [2.24, 2.45) is 0 Å². The molecule has 1 aromatic carbocycles. The van der Waals surface area contributed by atoms with E-state index >= 15 is 0 Å². The molecule has 0 amide bonds. The highest BCUT2D eigenvalue weighted by Gasteiger charge is 2.18. The molecular formula is C19H22ClN3O. The highest BCUT2D eigenvalue weighted by atomic mass is 35.5. The van der Waals surface area contributed by atoms with Gasteiger partial charge in [0.05, 0.1) is 0 Å². The SMILES string of the molecule is Cc1cc(C(=O)CCN2CCN(c3ccccn3)CC2)ccc1Cl. The van der Waals surface area contributed by atoms with Crippen molar-refractivity contribution < 1.29 is 4.79 Å². The summed E-state index contributed by atoms with van der Waals surface area (Å²) in [6.07, 6.45) is 2.37. The second-order valence-electron chi connectivity index (χ2n) is 6.15. The molecule has 0 saturated carbocycles. The van der Waals surface area contributed by atoms with Gasteiger partial charge in [0.2, 0.25) is 0 Å². The summed E-state index contributed by atoms with van der Waals surface area (Å²) >= 11 is 6.02. The number of nitrogens with zero attached hydrogens (tertiary/aromatic N) is 3. The Kier molecular flexibility index (Phi) is 5.48. The van der Waals surface area contributed by atoms with E-state index in [4.69, 9.17) is 11.6 Å². The molecule has 1 aromatic heterocycles. The lowest BCUT2D eigenvalue weighted by Gasteiger charge is -2.35. The smallest absolute Gasteiger partial charge is 0.164 e. The minimum Gasteiger partial charge on any atom is -0.354 e. The molecular weight excluding hydrogens is 322 g/mol. The largest absolute Gasteiger partial charge is 0.354 e. The van der Waals surface area contributed by atoms with Gasteiger partial charge in [0.1, 0.15) is 5.82 Å². The van der Waals surface area contributed by atoms with Crippen molar-refractivity contribution in [2.45, 2.75) is 13.3 Å². The van der Waals surface area contributed by atoms with E-state index in [2.05, 4.69) is 14.8 Å². The topological polar surface area (TPSA) is 36.4 Å². The molecule has 1 aliphatic rings. The maximum absolute atomic E-state index is 12.3. The molecule has 0 radical (unpaired) electrons. The van der Waals surface area contributed by atoms with Gasteiger partial charge in [-0.05, 0) is 42.8 Å². The maximum Gasteiger partial charge on any atom is 0.164 e. The fraction of sp³-hybridized carbons (Fsp3) is 0.368. The number of benzene rings is 1. The summed E-state index contributed by atoms with van der Waals surface area (Å²) in [5.41, 5.74) is 1.70. The first-order valence-corrected chi connectivity index (χ1v) is 8.69. The Labute approximate surface area is 148 Å². The van der Waals surface area contributed by atoms with E-state index in [1.807, 2.05) is 43.5 Å². The van der Waals surface area contributed by atoms with Gasteiger partial charge in [-0.2, -0.15) is 0 Å². The predicted molar refractivity (Wildman–Crippen MR) is 98.0 cm³/mol. The highest BCUT2D eigenvalue weighted by Crippen LogP contribution is 2.18. The number of carbonyl (C=O) groups excluding carboxylic acids is 1. The van der Waals surface area contributed by atoms with Crippen LogP contribution >= 0.6 is 11.6 Å². The summed E-state index contributed by atoms with van der Waals surface area (Å²) in [4.78, 5) is 21.4. The number of halogens is 1. The first-order valence-electron chi connectivity index (χ1n) is 8.31. The van der Waals surface area contributed by atoms with Crippen LogP contribution in [-0.2, 0) is 0 Å².